The number of carbonyl (C=O) groups is 1. The topological polar surface area (TPSA) is 56.1 Å². The minimum absolute atomic E-state index is 0.140. The first kappa shape index (κ1) is 11.0. The molecular weight excluding hydrogens is 178 g/mol. The van der Waals surface area contributed by atoms with Gasteiger partial charge in [0.15, 0.2) is 0 Å². The van der Waals surface area contributed by atoms with Gasteiger partial charge in [-0.3, -0.25) is 4.79 Å². The van der Waals surface area contributed by atoms with Gasteiger partial charge >= 0.3 is 0 Å². The first-order valence-electron chi connectivity index (χ1n) is 4.99. The zero-order valence-corrected chi connectivity index (χ0v) is 8.84. The Balaban J connectivity index is 2.46. The van der Waals surface area contributed by atoms with Gasteiger partial charge in [-0.25, -0.2) is 0 Å². The zero-order chi connectivity index (χ0) is 10.6. The first-order chi connectivity index (χ1) is 6.58. The number of nitrogens with one attached hydrogen (secondary N) is 1. The number of amides is 1. The Hall–Kier alpha value is -1.08. The van der Waals surface area contributed by atoms with E-state index in [0.29, 0.717) is 13.0 Å². The summed E-state index contributed by atoms with van der Waals surface area (Å²) in [5, 5.41) is 11.6. The molecule has 1 heterocycles. The quantitative estimate of drug-likeness (QED) is 0.667. The van der Waals surface area contributed by atoms with Crippen molar-refractivity contribution in [3.05, 3.63) is 0 Å². The van der Waals surface area contributed by atoms with E-state index in [0.717, 1.165) is 19.5 Å². The van der Waals surface area contributed by atoms with Gasteiger partial charge in [0.2, 0.25) is 5.91 Å². The van der Waals surface area contributed by atoms with Crippen molar-refractivity contribution < 1.29 is 4.79 Å². The van der Waals surface area contributed by atoms with Gasteiger partial charge < -0.3 is 10.2 Å². The minimum atomic E-state index is -0.440. The van der Waals surface area contributed by atoms with Crippen LogP contribution in [0, 0.1) is 11.3 Å². The Morgan fingerprint density at radius 3 is 3.00 bits per heavy atom. The molecule has 0 aromatic carbocycles. The minimum Gasteiger partial charge on any atom is -0.340 e. The molecule has 0 aromatic rings. The van der Waals surface area contributed by atoms with Crippen molar-refractivity contribution in [1.82, 2.24) is 10.2 Å². The molecule has 78 valence electrons. The summed E-state index contributed by atoms with van der Waals surface area (Å²) in [5.41, 5.74) is -0.440. The third-order valence-corrected chi connectivity index (χ3v) is 2.49. The van der Waals surface area contributed by atoms with E-state index >= 15 is 0 Å². The highest BCUT2D eigenvalue weighted by Gasteiger charge is 2.34. The summed E-state index contributed by atoms with van der Waals surface area (Å²) in [5.74, 6) is 0.140. The van der Waals surface area contributed by atoms with E-state index in [1.165, 1.54) is 0 Å². The number of hydrogen-bond donors (Lipinski definition) is 1. The van der Waals surface area contributed by atoms with Gasteiger partial charge in [-0.1, -0.05) is 0 Å². The maximum atomic E-state index is 11.8. The summed E-state index contributed by atoms with van der Waals surface area (Å²) in [6.45, 7) is 6.09. The summed E-state index contributed by atoms with van der Waals surface area (Å²) in [6.07, 6.45) is 1.30. The van der Waals surface area contributed by atoms with E-state index in [1.54, 1.807) is 0 Å². The van der Waals surface area contributed by atoms with Crippen molar-refractivity contribution in [3.8, 4) is 6.07 Å². The van der Waals surface area contributed by atoms with Crippen molar-refractivity contribution in [2.75, 3.05) is 19.6 Å². The number of rotatable bonds is 3. The maximum Gasteiger partial charge on any atom is 0.242 e. The van der Waals surface area contributed by atoms with Crippen LogP contribution in [0.2, 0.25) is 0 Å². The molecule has 1 N–H and O–H groups in total. The number of carbonyl (C=O) groups excluding carboxylic acids is 1. The zero-order valence-electron chi connectivity index (χ0n) is 8.84. The van der Waals surface area contributed by atoms with Gasteiger partial charge in [0, 0.05) is 26.1 Å². The first-order valence-corrected chi connectivity index (χ1v) is 4.99. The van der Waals surface area contributed by atoms with Crippen LogP contribution in [0.5, 0.6) is 0 Å². The number of piperazine rings is 1. The van der Waals surface area contributed by atoms with Crippen LogP contribution in [0.15, 0.2) is 0 Å². The Morgan fingerprint density at radius 2 is 2.36 bits per heavy atom. The fourth-order valence-electron chi connectivity index (χ4n) is 1.64. The molecule has 0 unspecified atom stereocenters. The predicted octanol–water partition coefficient (Wildman–Crippen LogP) is 0.501. The molecule has 1 fully saturated rings. The number of hydrogen-bond acceptors (Lipinski definition) is 3. The SMILES string of the molecule is CC1(C)NCCN(CCCC#N)C1=O. The van der Waals surface area contributed by atoms with Crippen molar-refractivity contribution >= 4 is 5.91 Å². The van der Waals surface area contributed by atoms with Gasteiger partial charge in [-0.05, 0) is 20.3 Å². The van der Waals surface area contributed by atoms with Gasteiger partial charge in [0.05, 0.1) is 11.6 Å². The molecule has 1 rings (SSSR count). The Labute approximate surface area is 84.9 Å². The van der Waals surface area contributed by atoms with Crippen LogP contribution in [-0.2, 0) is 4.79 Å². The van der Waals surface area contributed by atoms with Crippen molar-refractivity contribution in [3.63, 3.8) is 0 Å². The highest BCUT2D eigenvalue weighted by atomic mass is 16.2. The summed E-state index contributed by atoms with van der Waals surface area (Å²) in [7, 11) is 0. The fraction of sp³-hybridized carbons (Fsp3) is 0.800. The van der Waals surface area contributed by atoms with E-state index in [-0.39, 0.29) is 5.91 Å². The second-order valence-corrected chi connectivity index (χ2v) is 4.11. The normalized spacial score (nSPS) is 20.6. The summed E-state index contributed by atoms with van der Waals surface area (Å²) in [4.78, 5) is 13.7. The van der Waals surface area contributed by atoms with Crippen LogP contribution in [0.4, 0.5) is 0 Å². The van der Waals surface area contributed by atoms with Crippen molar-refractivity contribution in [2.24, 2.45) is 0 Å². The molecule has 1 aliphatic rings. The molecule has 14 heavy (non-hydrogen) atoms. The molecule has 0 aliphatic carbocycles. The van der Waals surface area contributed by atoms with Gasteiger partial charge in [-0.15, -0.1) is 0 Å². The number of nitrogens with zero attached hydrogens (tertiary/aromatic N) is 2. The van der Waals surface area contributed by atoms with Crippen LogP contribution in [0.1, 0.15) is 26.7 Å². The Morgan fingerprint density at radius 1 is 1.64 bits per heavy atom. The van der Waals surface area contributed by atoms with Crippen LogP contribution in [0.3, 0.4) is 0 Å². The lowest BCUT2D eigenvalue weighted by Crippen LogP contribution is -2.61. The number of unbranched alkanes of at least 4 members (excludes halogenated alkanes) is 1. The van der Waals surface area contributed by atoms with E-state index in [2.05, 4.69) is 11.4 Å². The lowest BCUT2D eigenvalue weighted by atomic mass is 10.0. The second-order valence-electron chi connectivity index (χ2n) is 4.11. The molecule has 1 saturated heterocycles. The summed E-state index contributed by atoms with van der Waals surface area (Å²) < 4.78 is 0. The standard InChI is InChI=1S/C10H17N3O/c1-10(2)9(14)13(8-6-12-10)7-4-3-5-11/h12H,3-4,6-8H2,1-2H3. The smallest absolute Gasteiger partial charge is 0.242 e. The second kappa shape index (κ2) is 4.43. The average Bonchev–Trinajstić information content (AvgIpc) is 2.13. The third kappa shape index (κ3) is 2.46. The molecule has 1 amide bonds. The lowest BCUT2D eigenvalue weighted by Gasteiger charge is -2.38. The lowest BCUT2D eigenvalue weighted by molar-refractivity contribution is -0.139. The van der Waals surface area contributed by atoms with Crippen LogP contribution < -0.4 is 5.32 Å². The van der Waals surface area contributed by atoms with Crippen molar-refractivity contribution in [1.29, 1.82) is 5.26 Å². The van der Waals surface area contributed by atoms with Crippen LogP contribution >= 0.6 is 0 Å². The molecule has 0 saturated carbocycles. The number of nitriles is 1. The third-order valence-electron chi connectivity index (χ3n) is 2.49. The molecule has 0 spiro atoms. The van der Waals surface area contributed by atoms with E-state index < -0.39 is 5.54 Å². The monoisotopic (exact) mass is 195 g/mol. The Kier molecular flexibility index (Phi) is 3.48. The summed E-state index contributed by atoms with van der Waals surface area (Å²) >= 11 is 0. The van der Waals surface area contributed by atoms with Gasteiger partial charge in [0.25, 0.3) is 0 Å². The van der Waals surface area contributed by atoms with Gasteiger partial charge in [0.1, 0.15) is 0 Å². The molecular formula is C10H17N3O. The van der Waals surface area contributed by atoms with E-state index in [4.69, 9.17) is 5.26 Å². The molecule has 4 nitrogen and oxygen atoms in total. The Bertz CT molecular complexity index is 255. The molecule has 4 heteroatoms. The summed E-state index contributed by atoms with van der Waals surface area (Å²) in [6, 6.07) is 2.09. The van der Waals surface area contributed by atoms with Crippen molar-refractivity contribution in [2.45, 2.75) is 32.2 Å². The van der Waals surface area contributed by atoms with E-state index in [9.17, 15) is 4.79 Å². The molecule has 0 aromatic heterocycles. The largest absolute Gasteiger partial charge is 0.340 e. The van der Waals surface area contributed by atoms with Gasteiger partial charge in [-0.2, -0.15) is 5.26 Å². The molecule has 0 bridgehead atoms. The highest BCUT2D eigenvalue weighted by molar-refractivity contribution is 5.86. The van der Waals surface area contributed by atoms with E-state index in [1.807, 2.05) is 18.7 Å². The predicted molar refractivity (Wildman–Crippen MR) is 53.5 cm³/mol. The van der Waals surface area contributed by atoms with Crippen LogP contribution in [0.25, 0.3) is 0 Å². The molecule has 0 radical (unpaired) electrons. The average molecular weight is 195 g/mol. The molecule has 0 atom stereocenters. The van der Waals surface area contributed by atoms with Crippen LogP contribution in [-0.4, -0.2) is 36.0 Å². The molecule has 1 aliphatic heterocycles. The maximum absolute atomic E-state index is 11.8. The fourth-order valence-corrected chi connectivity index (χ4v) is 1.64. The highest BCUT2D eigenvalue weighted by Crippen LogP contribution is 2.12.